The number of carbonyl (C=O) groups excluding carboxylic acids is 1. The third-order valence-electron chi connectivity index (χ3n) is 5.83. The molecular formula is C27H35N5O6S. The maximum absolute atomic E-state index is 13.3. The lowest BCUT2D eigenvalue weighted by Crippen LogP contribution is -2.40. The molecular weight excluding hydrogens is 522 g/mol. The minimum atomic E-state index is -4.25. The molecule has 3 aromatic rings. The molecule has 3 rings (SSSR count). The van der Waals surface area contributed by atoms with Crippen molar-refractivity contribution in [3.8, 4) is 17.3 Å². The highest BCUT2D eigenvalue weighted by molar-refractivity contribution is 7.89. The number of ether oxygens (including phenoxy) is 1. The maximum atomic E-state index is 13.3. The smallest absolute Gasteiger partial charge is 0.272 e. The number of aryl methyl sites for hydroxylation is 1. The van der Waals surface area contributed by atoms with Crippen LogP contribution in [0.25, 0.3) is 5.69 Å². The van der Waals surface area contributed by atoms with E-state index in [0.717, 1.165) is 23.3 Å². The molecule has 0 radical (unpaired) electrons. The largest absolute Gasteiger partial charge is 0.437 e. The SMILES string of the molecule is Cc1cccc(-n2nc(C(=O)NCC(C)C)c(C)c2Oc2ccc([N+](=O)[O-])cc2S(=O)(=O)NC(C)(C)C)c1C. The lowest BCUT2D eigenvalue weighted by atomic mass is 10.1. The second-order valence-corrected chi connectivity index (χ2v) is 12.5. The molecule has 0 saturated heterocycles. The Hall–Kier alpha value is -3.77. The second kappa shape index (κ2) is 11.1. The van der Waals surface area contributed by atoms with Gasteiger partial charge in [-0.05, 0) is 70.7 Å². The number of hydrogen-bond acceptors (Lipinski definition) is 7. The highest BCUT2D eigenvalue weighted by Gasteiger charge is 2.30. The summed E-state index contributed by atoms with van der Waals surface area (Å²) in [6.45, 7) is 14.8. The molecule has 0 atom stereocenters. The standard InChI is InChI=1S/C27H35N5O6S/c1-16(2)15-28-25(33)24-19(5)26(31(29-24)21-11-9-10-17(3)18(21)4)38-22-13-12-20(32(34)35)14-23(22)39(36,37)30-27(6,7)8/h9-14,16,30H,15H2,1-8H3,(H,28,33). The fourth-order valence-corrected chi connectivity index (χ4v) is 5.36. The minimum absolute atomic E-state index is 0.111. The molecule has 12 heteroatoms. The first-order chi connectivity index (χ1) is 18.0. The van der Waals surface area contributed by atoms with Crippen LogP contribution in [0, 0.1) is 36.8 Å². The molecule has 0 fully saturated rings. The number of amides is 1. The van der Waals surface area contributed by atoms with E-state index < -0.39 is 37.0 Å². The van der Waals surface area contributed by atoms with Gasteiger partial charge in [-0.1, -0.05) is 26.0 Å². The number of benzene rings is 2. The number of nitrogens with one attached hydrogen (secondary N) is 2. The minimum Gasteiger partial charge on any atom is -0.437 e. The molecule has 0 spiro atoms. The molecule has 0 bridgehead atoms. The number of aromatic nitrogens is 2. The number of nitrogens with zero attached hydrogens (tertiary/aromatic N) is 3. The van der Waals surface area contributed by atoms with Crippen molar-refractivity contribution < 1.29 is 22.9 Å². The molecule has 210 valence electrons. The third kappa shape index (κ3) is 6.82. The molecule has 2 N–H and O–H groups in total. The van der Waals surface area contributed by atoms with E-state index in [9.17, 15) is 23.3 Å². The predicted molar refractivity (Wildman–Crippen MR) is 148 cm³/mol. The van der Waals surface area contributed by atoms with E-state index in [2.05, 4.69) is 15.1 Å². The Kier molecular flexibility index (Phi) is 8.51. The van der Waals surface area contributed by atoms with Gasteiger partial charge in [-0.25, -0.2) is 13.1 Å². The monoisotopic (exact) mass is 557 g/mol. The van der Waals surface area contributed by atoms with Crippen LogP contribution in [0.2, 0.25) is 0 Å². The molecule has 0 aliphatic carbocycles. The summed E-state index contributed by atoms with van der Waals surface area (Å²) in [5.41, 5.74) is 1.71. The van der Waals surface area contributed by atoms with Gasteiger partial charge in [-0.3, -0.25) is 14.9 Å². The number of non-ortho nitro benzene ring substituents is 1. The van der Waals surface area contributed by atoms with Crippen LogP contribution in [0.3, 0.4) is 0 Å². The van der Waals surface area contributed by atoms with E-state index in [1.165, 1.54) is 10.7 Å². The lowest BCUT2D eigenvalue weighted by Gasteiger charge is -2.21. The quantitative estimate of drug-likeness (QED) is 0.279. The van der Waals surface area contributed by atoms with E-state index in [-0.39, 0.29) is 23.2 Å². The first-order valence-electron chi connectivity index (χ1n) is 12.5. The van der Waals surface area contributed by atoms with E-state index in [4.69, 9.17) is 4.74 Å². The maximum Gasteiger partial charge on any atom is 0.272 e. The number of rotatable bonds is 9. The fourth-order valence-electron chi connectivity index (χ4n) is 3.79. The van der Waals surface area contributed by atoms with E-state index in [1.807, 2.05) is 45.9 Å². The van der Waals surface area contributed by atoms with Gasteiger partial charge < -0.3 is 10.1 Å². The molecule has 0 aliphatic rings. The van der Waals surface area contributed by atoms with E-state index in [0.29, 0.717) is 17.8 Å². The fraction of sp³-hybridized carbons (Fsp3) is 0.407. The van der Waals surface area contributed by atoms with Gasteiger partial charge in [0.15, 0.2) is 5.69 Å². The van der Waals surface area contributed by atoms with Crippen molar-refractivity contribution in [2.45, 2.75) is 65.8 Å². The zero-order chi connectivity index (χ0) is 29.3. The topological polar surface area (TPSA) is 145 Å². The van der Waals surface area contributed by atoms with Crippen LogP contribution in [-0.2, 0) is 10.0 Å². The van der Waals surface area contributed by atoms with Crippen LogP contribution in [0.4, 0.5) is 5.69 Å². The summed E-state index contributed by atoms with van der Waals surface area (Å²) in [4.78, 5) is 23.4. The molecule has 1 amide bonds. The average molecular weight is 558 g/mol. The summed E-state index contributed by atoms with van der Waals surface area (Å²) in [6.07, 6.45) is 0. The molecule has 0 unspecified atom stereocenters. The van der Waals surface area contributed by atoms with Gasteiger partial charge >= 0.3 is 0 Å². The molecule has 1 heterocycles. The number of nitro benzene ring substituents is 1. The van der Waals surface area contributed by atoms with Crippen LogP contribution < -0.4 is 14.8 Å². The van der Waals surface area contributed by atoms with Gasteiger partial charge in [0, 0.05) is 29.8 Å². The summed E-state index contributed by atoms with van der Waals surface area (Å²) in [6, 6.07) is 8.93. The summed E-state index contributed by atoms with van der Waals surface area (Å²) in [7, 11) is -4.25. The normalized spacial score (nSPS) is 12.0. The molecule has 1 aromatic heterocycles. The zero-order valence-electron chi connectivity index (χ0n) is 23.4. The van der Waals surface area contributed by atoms with E-state index >= 15 is 0 Å². The Bertz CT molecular complexity index is 1520. The Morgan fingerprint density at radius 1 is 1.13 bits per heavy atom. The van der Waals surface area contributed by atoms with Crippen molar-refractivity contribution in [2.24, 2.45) is 5.92 Å². The predicted octanol–water partition coefficient (Wildman–Crippen LogP) is 4.96. The summed E-state index contributed by atoms with van der Waals surface area (Å²) in [5, 5.41) is 18.9. The number of sulfonamides is 1. The summed E-state index contributed by atoms with van der Waals surface area (Å²) in [5.74, 6) is -0.226. The van der Waals surface area contributed by atoms with Crippen LogP contribution >= 0.6 is 0 Å². The third-order valence-corrected chi connectivity index (χ3v) is 7.61. The van der Waals surface area contributed by atoms with Crippen LogP contribution in [0.5, 0.6) is 11.6 Å². The highest BCUT2D eigenvalue weighted by Crippen LogP contribution is 2.36. The number of nitro groups is 1. The van der Waals surface area contributed by atoms with Crippen LogP contribution in [0.1, 0.15) is 61.8 Å². The zero-order valence-corrected chi connectivity index (χ0v) is 24.3. The van der Waals surface area contributed by atoms with Crippen LogP contribution in [-0.4, -0.2) is 41.1 Å². The first kappa shape index (κ1) is 29.8. The van der Waals surface area contributed by atoms with Gasteiger partial charge in [0.2, 0.25) is 15.9 Å². The highest BCUT2D eigenvalue weighted by atomic mass is 32.2. The molecule has 39 heavy (non-hydrogen) atoms. The summed E-state index contributed by atoms with van der Waals surface area (Å²) < 4.78 is 36.8. The molecule has 0 saturated carbocycles. The van der Waals surface area contributed by atoms with E-state index in [1.54, 1.807) is 27.7 Å². The van der Waals surface area contributed by atoms with Crippen molar-refractivity contribution in [1.29, 1.82) is 0 Å². The Balaban J connectivity index is 2.25. The molecule has 2 aromatic carbocycles. The van der Waals surface area contributed by atoms with Crippen molar-refractivity contribution in [1.82, 2.24) is 19.8 Å². The van der Waals surface area contributed by atoms with Gasteiger partial charge in [0.1, 0.15) is 10.6 Å². The van der Waals surface area contributed by atoms with Gasteiger partial charge in [0.25, 0.3) is 11.6 Å². The molecule has 0 aliphatic heterocycles. The number of carbonyl (C=O) groups is 1. The van der Waals surface area contributed by atoms with Gasteiger partial charge in [-0.2, -0.15) is 9.78 Å². The Morgan fingerprint density at radius 3 is 2.38 bits per heavy atom. The Labute approximate surface area is 228 Å². The Morgan fingerprint density at radius 2 is 1.79 bits per heavy atom. The summed E-state index contributed by atoms with van der Waals surface area (Å²) >= 11 is 0. The van der Waals surface area contributed by atoms with Crippen molar-refractivity contribution in [3.05, 3.63) is 68.9 Å². The number of hydrogen-bond donors (Lipinski definition) is 2. The van der Waals surface area contributed by atoms with Gasteiger partial charge in [-0.15, -0.1) is 0 Å². The molecule has 11 nitrogen and oxygen atoms in total. The first-order valence-corrected chi connectivity index (χ1v) is 13.9. The average Bonchev–Trinajstić information content (AvgIpc) is 3.13. The van der Waals surface area contributed by atoms with Gasteiger partial charge in [0.05, 0.1) is 10.6 Å². The van der Waals surface area contributed by atoms with Crippen molar-refractivity contribution in [2.75, 3.05) is 6.54 Å². The van der Waals surface area contributed by atoms with Crippen molar-refractivity contribution in [3.63, 3.8) is 0 Å². The second-order valence-electron chi connectivity index (χ2n) is 10.9. The lowest BCUT2D eigenvalue weighted by molar-refractivity contribution is -0.385. The van der Waals surface area contributed by atoms with Crippen LogP contribution in [0.15, 0.2) is 41.3 Å². The van der Waals surface area contributed by atoms with Crippen molar-refractivity contribution >= 4 is 21.6 Å².